The van der Waals surface area contributed by atoms with Crippen LogP contribution in [0.3, 0.4) is 0 Å². The van der Waals surface area contributed by atoms with E-state index in [-0.39, 0.29) is 18.4 Å². The molecule has 0 spiro atoms. The summed E-state index contributed by atoms with van der Waals surface area (Å²) >= 11 is 0. The first kappa shape index (κ1) is 16.9. The van der Waals surface area contributed by atoms with Crippen molar-refractivity contribution in [2.24, 2.45) is 11.7 Å². The zero-order valence-electron chi connectivity index (χ0n) is 11.9. The highest BCUT2D eigenvalue weighted by molar-refractivity contribution is 5.84. The molecule has 106 valence electrons. The molecule has 5 heteroatoms. The monoisotopic (exact) mass is 257 g/mol. The number of nitrogens with one attached hydrogen (secondary N) is 1. The summed E-state index contributed by atoms with van der Waals surface area (Å²) < 4.78 is 0. The summed E-state index contributed by atoms with van der Waals surface area (Å²) in [5.41, 5.74) is 5.55. The zero-order chi connectivity index (χ0) is 14.0. The summed E-state index contributed by atoms with van der Waals surface area (Å²) in [6, 6.07) is 0. The Morgan fingerprint density at radius 3 is 2.39 bits per heavy atom. The average molecular weight is 257 g/mol. The molecular formula is C13H27N3O2. The molecule has 0 aliphatic heterocycles. The maximum absolute atomic E-state index is 11.6. The van der Waals surface area contributed by atoms with Gasteiger partial charge >= 0.3 is 0 Å². The molecule has 0 aromatic carbocycles. The van der Waals surface area contributed by atoms with Gasteiger partial charge in [-0.05, 0) is 25.3 Å². The third-order valence-corrected chi connectivity index (χ3v) is 2.99. The van der Waals surface area contributed by atoms with Crippen molar-refractivity contribution in [2.45, 2.75) is 39.0 Å². The van der Waals surface area contributed by atoms with Gasteiger partial charge in [-0.2, -0.15) is 0 Å². The molecule has 0 aromatic rings. The van der Waals surface area contributed by atoms with E-state index in [1.807, 2.05) is 0 Å². The van der Waals surface area contributed by atoms with Gasteiger partial charge in [-0.25, -0.2) is 0 Å². The van der Waals surface area contributed by atoms with Gasteiger partial charge in [-0.15, -0.1) is 0 Å². The Kier molecular flexibility index (Phi) is 9.28. The largest absolute Gasteiger partial charge is 0.347 e. The van der Waals surface area contributed by atoms with Crippen molar-refractivity contribution in [1.82, 2.24) is 10.2 Å². The fraction of sp³-hybridized carbons (Fsp3) is 0.846. The summed E-state index contributed by atoms with van der Waals surface area (Å²) in [6.07, 6.45) is 4.53. The van der Waals surface area contributed by atoms with Crippen LogP contribution in [0.1, 0.15) is 39.0 Å². The van der Waals surface area contributed by atoms with Gasteiger partial charge in [0, 0.05) is 20.5 Å². The lowest BCUT2D eigenvalue weighted by Gasteiger charge is -2.15. The van der Waals surface area contributed by atoms with Crippen LogP contribution < -0.4 is 11.1 Å². The predicted octanol–water partition coefficient (Wildman–Crippen LogP) is 0.736. The van der Waals surface area contributed by atoms with Crippen molar-refractivity contribution in [1.29, 1.82) is 0 Å². The van der Waals surface area contributed by atoms with Gasteiger partial charge in [0.25, 0.3) is 0 Å². The van der Waals surface area contributed by atoms with Crippen molar-refractivity contribution in [2.75, 3.05) is 27.2 Å². The summed E-state index contributed by atoms with van der Waals surface area (Å²) in [6.45, 7) is 2.89. The van der Waals surface area contributed by atoms with E-state index in [2.05, 4.69) is 12.2 Å². The van der Waals surface area contributed by atoms with Gasteiger partial charge in [0.05, 0.1) is 6.54 Å². The summed E-state index contributed by atoms with van der Waals surface area (Å²) in [5.74, 6) is 0.383. The van der Waals surface area contributed by atoms with E-state index >= 15 is 0 Å². The molecule has 2 amide bonds. The van der Waals surface area contributed by atoms with Gasteiger partial charge in [-0.1, -0.05) is 19.8 Å². The number of nitrogens with two attached hydrogens (primary N) is 1. The van der Waals surface area contributed by atoms with Crippen LogP contribution >= 0.6 is 0 Å². The first-order valence-corrected chi connectivity index (χ1v) is 6.68. The zero-order valence-corrected chi connectivity index (χ0v) is 11.9. The van der Waals surface area contributed by atoms with Crippen molar-refractivity contribution < 1.29 is 9.59 Å². The molecule has 0 saturated heterocycles. The van der Waals surface area contributed by atoms with Crippen LogP contribution in [0.25, 0.3) is 0 Å². The fourth-order valence-corrected chi connectivity index (χ4v) is 1.83. The lowest BCUT2D eigenvalue weighted by Crippen LogP contribution is -2.36. The van der Waals surface area contributed by atoms with Crippen LogP contribution in [-0.2, 0) is 9.59 Å². The molecule has 0 aliphatic rings. The van der Waals surface area contributed by atoms with Gasteiger partial charge in [0.1, 0.15) is 0 Å². The van der Waals surface area contributed by atoms with Crippen molar-refractivity contribution in [3.63, 3.8) is 0 Å². The van der Waals surface area contributed by atoms with Crippen LogP contribution in [0.5, 0.6) is 0 Å². The quantitative estimate of drug-likeness (QED) is 0.639. The Balaban J connectivity index is 3.83. The molecule has 1 atom stereocenters. The molecule has 0 aromatic heterocycles. The lowest BCUT2D eigenvalue weighted by molar-refractivity contribution is -0.131. The normalized spacial score (nSPS) is 12.0. The molecule has 0 saturated carbocycles. The number of rotatable bonds is 9. The third-order valence-electron chi connectivity index (χ3n) is 2.99. The van der Waals surface area contributed by atoms with E-state index in [0.29, 0.717) is 18.9 Å². The highest BCUT2D eigenvalue weighted by atomic mass is 16.2. The topological polar surface area (TPSA) is 75.4 Å². The van der Waals surface area contributed by atoms with E-state index in [4.69, 9.17) is 5.73 Å². The Hall–Kier alpha value is -1.10. The van der Waals surface area contributed by atoms with E-state index in [0.717, 1.165) is 25.7 Å². The van der Waals surface area contributed by atoms with Crippen LogP contribution in [0.15, 0.2) is 0 Å². The van der Waals surface area contributed by atoms with Crippen LogP contribution in [0.4, 0.5) is 0 Å². The molecule has 1 unspecified atom stereocenters. The summed E-state index contributed by atoms with van der Waals surface area (Å²) in [4.78, 5) is 24.3. The minimum atomic E-state index is -0.0876. The summed E-state index contributed by atoms with van der Waals surface area (Å²) in [5, 5.41) is 2.64. The molecule has 0 aliphatic carbocycles. The van der Waals surface area contributed by atoms with Crippen molar-refractivity contribution >= 4 is 11.8 Å². The average Bonchev–Trinajstić information content (AvgIpc) is 2.33. The van der Waals surface area contributed by atoms with Crippen LogP contribution in [0.2, 0.25) is 0 Å². The fourth-order valence-electron chi connectivity index (χ4n) is 1.83. The van der Waals surface area contributed by atoms with E-state index in [1.54, 1.807) is 14.1 Å². The second-order valence-electron chi connectivity index (χ2n) is 4.84. The maximum Gasteiger partial charge on any atom is 0.241 e. The van der Waals surface area contributed by atoms with Gasteiger partial charge in [0.15, 0.2) is 0 Å². The van der Waals surface area contributed by atoms with Gasteiger partial charge in [0.2, 0.25) is 11.8 Å². The minimum Gasteiger partial charge on any atom is -0.347 e. The lowest BCUT2D eigenvalue weighted by atomic mass is 9.94. The number of nitrogens with zero attached hydrogens (tertiary/aromatic N) is 1. The molecule has 3 N–H and O–H groups in total. The summed E-state index contributed by atoms with van der Waals surface area (Å²) in [7, 11) is 3.35. The molecule has 0 rings (SSSR count). The van der Waals surface area contributed by atoms with Crippen molar-refractivity contribution in [3.05, 3.63) is 0 Å². The second kappa shape index (κ2) is 9.88. The Bertz CT molecular complexity index is 249. The van der Waals surface area contributed by atoms with E-state index in [9.17, 15) is 9.59 Å². The van der Waals surface area contributed by atoms with Crippen LogP contribution in [0, 0.1) is 5.92 Å². The smallest absolute Gasteiger partial charge is 0.241 e. The maximum atomic E-state index is 11.6. The molecular weight excluding hydrogens is 230 g/mol. The number of carbonyl (C=O) groups excluding carboxylic acids is 2. The Labute approximate surface area is 110 Å². The Morgan fingerprint density at radius 1 is 1.22 bits per heavy atom. The van der Waals surface area contributed by atoms with E-state index in [1.165, 1.54) is 4.90 Å². The molecule has 18 heavy (non-hydrogen) atoms. The predicted molar refractivity (Wildman–Crippen MR) is 73.0 cm³/mol. The molecule has 0 bridgehead atoms. The molecule has 0 radical (unpaired) electrons. The molecule has 5 nitrogen and oxygen atoms in total. The number of amides is 2. The highest BCUT2D eigenvalue weighted by Gasteiger charge is 2.11. The third kappa shape index (κ3) is 8.06. The Morgan fingerprint density at radius 2 is 1.89 bits per heavy atom. The number of hydrogen-bond acceptors (Lipinski definition) is 3. The number of carbonyl (C=O) groups is 2. The number of likely N-dealkylation sites (N-methyl/N-ethyl adjacent to an activating group) is 1. The highest BCUT2D eigenvalue weighted by Crippen LogP contribution is 2.16. The standard InChI is InChI=1S/C13H27N3O2/c1-4-5-11(8-9-14)6-7-12(17)15-10-13(18)16(2)3/h11H,4-10,14H2,1-3H3,(H,15,17). The minimum absolute atomic E-state index is 0.0525. The van der Waals surface area contributed by atoms with Crippen LogP contribution in [-0.4, -0.2) is 43.9 Å². The van der Waals surface area contributed by atoms with Gasteiger partial charge in [-0.3, -0.25) is 9.59 Å². The molecule has 0 fully saturated rings. The first-order chi connectivity index (χ1) is 8.51. The second-order valence-corrected chi connectivity index (χ2v) is 4.84. The van der Waals surface area contributed by atoms with E-state index < -0.39 is 0 Å². The first-order valence-electron chi connectivity index (χ1n) is 6.68. The van der Waals surface area contributed by atoms with Crippen molar-refractivity contribution in [3.8, 4) is 0 Å². The number of hydrogen-bond donors (Lipinski definition) is 2. The van der Waals surface area contributed by atoms with Gasteiger partial charge < -0.3 is 16.0 Å². The SMILES string of the molecule is CCCC(CCN)CCC(=O)NCC(=O)N(C)C. The molecule has 0 heterocycles.